The summed E-state index contributed by atoms with van der Waals surface area (Å²) in [6.45, 7) is 3.44. The second-order valence-electron chi connectivity index (χ2n) is 6.51. The Balaban J connectivity index is 1.88. The number of carbonyl (C=O) groups is 1. The Morgan fingerprint density at radius 1 is 1.21 bits per heavy atom. The van der Waals surface area contributed by atoms with Crippen molar-refractivity contribution in [2.45, 2.75) is 81.6 Å². The van der Waals surface area contributed by atoms with Crippen molar-refractivity contribution in [2.24, 2.45) is 0 Å². The molecule has 0 aromatic rings. The zero-order valence-corrected chi connectivity index (χ0v) is 14.5. The predicted molar refractivity (Wildman–Crippen MR) is 82.2 cm³/mol. The molecule has 0 unspecified atom stereocenters. The van der Waals surface area contributed by atoms with Crippen molar-refractivity contribution in [3.05, 3.63) is 0 Å². The first-order chi connectivity index (χ1) is 11.1. The van der Waals surface area contributed by atoms with Gasteiger partial charge in [-0.2, -0.15) is 0 Å². The average molecular weight is 367 g/mol. The van der Waals surface area contributed by atoms with Crippen LogP contribution < -0.4 is 4.72 Å². The zero-order chi connectivity index (χ0) is 18.1. The van der Waals surface area contributed by atoms with E-state index in [-0.39, 0.29) is 18.9 Å². The van der Waals surface area contributed by atoms with Gasteiger partial charge in [-0.3, -0.25) is 9.52 Å². The number of rotatable bonds is 7. The van der Waals surface area contributed by atoms with Crippen molar-refractivity contribution in [1.82, 2.24) is 4.72 Å². The smallest absolute Gasteiger partial charge is 0.237 e. The van der Waals surface area contributed by atoms with Crippen molar-refractivity contribution in [2.75, 3.05) is 0 Å². The third-order valence-corrected chi connectivity index (χ3v) is 5.81. The second-order valence-corrected chi connectivity index (χ2v) is 8.47. The molecular weight excluding hydrogens is 342 g/mol. The van der Waals surface area contributed by atoms with Gasteiger partial charge in [0.2, 0.25) is 15.9 Å². The molecule has 4 N–H and O–H groups in total. The van der Waals surface area contributed by atoms with Gasteiger partial charge in [-0.25, -0.2) is 8.42 Å². The molecule has 0 aromatic heterocycles. The molecule has 140 valence electrons. The highest BCUT2D eigenvalue weighted by Crippen LogP contribution is 2.28. The molecule has 24 heavy (non-hydrogen) atoms. The molecule has 2 fully saturated rings. The lowest BCUT2D eigenvalue weighted by atomic mass is 9.96. The van der Waals surface area contributed by atoms with Crippen LogP contribution in [0.1, 0.15) is 39.5 Å². The van der Waals surface area contributed by atoms with Crippen LogP contribution in [0, 0.1) is 0 Å². The van der Waals surface area contributed by atoms with Gasteiger partial charge in [-0.1, -0.05) is 0 Å². The third kappa shape index (κ3) is 4.87. The Kier molecular flexibility index (Phi) is 6.21. The Hall–Kier alpha value is -0.780. The summed E-state index contributed by atoms with van der Waals surface area (Å²) in [6.07, 6.45) is -5.79. The first kappa shape index (κ1) is 19.5. The third-order valence-electron chi connectivity index (χ3n) is 3.95. The summed E-state index contributed by atoms with van der Waals surface area (Å²) in [5.41, 5.74) is 0. The number of carbonyl (C=O) groups excluding carboxylic acids is 1. The van der Waals surface area contributed by atoms with Crippen LogP contribution in [0.5, 0.6) is 0 Å². The highest BCUT2D eigenvalue weighted by atomic mass is 32.2. The molecule has 0 bridgehead atoms. The summed E-state index contributed by atoms with van der Waals surface area (Å²) in [4.78, 5) is 11.8. The largest absolute Gasteiger partial charge is 0.388 e. The number of hydrogen-bond donors (Lipinski definition) is 4. The summed E-state index contributed by atoms with van der Waals surface area (Å²) in [5.74, 6) is -0.695. The van der Waals surface area contributed by atoms with Crippen LogP contribution >= 0.6 is 0 Å². The molecule has 10 heteroatoms. The fourth-order valence-electron chi connectivity index (χ4n) is 2.48. The van der Waals surface area contributed by atoms with E-state index in [0.717, 1.165) is 0 Å². The molecule has 1 amide bonds. The summed E-state index contributed by atoms with van der Waals surface area (Å²) in [7, 11) is -3.62. The lowest BCUT2D eigenvalue weighted by molar-refractivity contribution is -0.305. The van der Waals surface area contributed by atoms with Crippen molar-refractivity contribution in [1.29, 1.82) is 0 Å². The molecule has 0 spiro atoms. The van der Waals surface area contributed by atoms with Gasteiger partial charge in [0.15, 0.2) is 6.29 Å². The molecule has 1 aliphatic heterocycles. The van der Waals surface area contributed by atoms with Crippen LogP contribution in [-0.4, -0.2) is 71.7 Å². The quantitative estimate of drug-likeness (QED) is 0.431. The fraction of sp³-hybridized carbons (Fsp3) is 0.929. The van der Waals surface area contributed by atoms with Gasteiger partial charge >= 0.3 is 0 Å². The van der Waals surface area contributed by atoms with Crippen LogP contribution in [0.4, 0.5) is 0 Å². The molecule has 1 saturated heterocycles. The monoisotopic (exact) mass is 367 g/mol. The molecule has 1 heterocycles. The molecule has 2 rings (SSSR count). The molecule has 2 aliphatic rings. The van der Waals surface area contributed by atoms with Gasteiger partial charge in [-0.15, -0.1) is 0 Å². The van der Waals surface area contributed by atoms with Crippen LogP contribution in [0.3, 0.4) is 0 Å². The van der Waals surface area contributed by atoms with E-state index in [0.29, 0.717) is 12.8 Å². The van der Waals surface area contributed by atoms with E-state index >= 15 is 0 Å². The van der Waals surface area contributed by atoms with Crippen LogP contribution in [-0.2, 0) is 24.3 Å². The molecule has 1 saturated carbocycles. The van der Waals surface area contributed by atoms with E-state index in [9.17, 15) is 28.5 Å². The van der Waals surface area contributed by atoms with Crippen LogP contribution in [0.25, 0.3) is 0 Å². The molecule has 5 atom stereocenters. The minimum Gasteiger partial charge on any atom is -0.388 e. The number of ether oxygens (including phenoxy) is 2. The Bertz CT molecular complexity index is 547. The molecule has 9 nitrogen and oxygen atoms in total. The minimum absolute atomic E-state index is 0.0189. The van der Waals surface area contributed by atoms with E-state index < -0.39 is 51.9 Å². The number of sulfonamides is 1. The normalized spacial score (nSPS) is 34.3. The van der Waals surface area contributed by atoms with Gasteiger partial charge in [-0.05, 0) is 33.1 Å². The van der Waals surface area contributed by atoms with Crippen molar-refractivity contribution >= 4 is 15.9 Å². The lowest BCUT2D eigenvalue weighted by Crippen LogP contribution is -2.58. The van der Waals surface area contributed by atoms with Gasteiger partial charge in [0.1, 0.15) is 18.3 Å². The molecule has 0 aromatic carbocycles. The Labute approximate surface area is 141 Å². The topological polar surface area (TPSA) is 142 Å². The van der Waals surface area contributed by atoms with Gasteiger partial charge in [0.05, 0.1) is 17.5 Å². The van der Waals surface area contributed by atoms with Gasteiger partial charge < -0.3 is 24.8 Å². The Morgan fingerprint density at radius 3 is 2.38 bits per heavy atom. The Morgan fingerprint density at radius 2 is 1.83 bits per heavy atom. The van der Waals surface area contributed by atoms with Gasteiger partial charge in [0.25, 0.3) is 0 Å². The first-order valence-electron chi connectivity index (χ1n) is 8.01. The van der Waals surface area contributed by atoms with E-state index in [2.05, 4.69) is 0 Å². The number of aliphatic hydroxyl groups is 3. The highest BCUT2D eigenvalue weighted by molar-refractivity contribution is 7.90. The van der Waals surface area contributed by atoms with E-state index in [4.69, 9.17) is 9.47 Å². The lowest BCUT2D eigenvalue weighted by Gasteiger charge is -2.40. The summed E-state index contributed by atoms with van der Waals surface area (Å²) in [5, 5.41) is 29.2. The van der Waals surface area contributed by atoms with E-state index in [1.807, 2.05) is 4.72 Å². The average Bonchev–Trinajstić information content (AvgIpc) is 3.31. The minimum atomic E-state index is -3.62. The second kappa shape index (κ2) is 7.63. The van der Waals surface area contributed by atoms with Crippen LogP contribution in [0.2, 0.25) is 0 Å². The number of nitrogens with one attached hydrogen (secondary N) is 1. The maximum absolute atomic E-state index is 11.8. The summed E-state index contributed by atoms with van der Waals surface area (Å²) < 4.78 is 36.1. The maximum atomic E-state index is 11.8. The number of amides is 1. The summed E-state index contributed by atoms with van der Waals surface area (Å²) in [6, 6.07) is 0. The van der Waals surface area contributed by atoms with Crippen LogP contribution in [0.15, 0.2) is 0 Å². The van der Waals surface area contributed by atoms with Gasteiger partial charge in [0, 0.05) is 6.42 Å². The molecule has 1 aliphatic carbocycles. The zero-order valence-electron chi connectivity index (χ0n) is 13.7. The SMILES string of the molecule is CC(C)O[C@H]1O[C@H](CCC(=O)NS(=O)(=O)C2CC2)[C@@H](O)[C@H](O)[C@@H]1O. The standard InChI is InChI=1S/C14H25NO8S/c1-7(2)22-14-13(19)12(18)11(17)9(23-14)5-6-10(16)15-24(20,21)8-3-4-8/h7-9,11-14,17-19H,3-6H2,1-2H3,(H,15,16)/t9-,11-,12+,13+,14+/m1/s1. The first-order valence-corrected chi connectivity index (χ1v) is 9.56. The fourth-order valence-corrected chi connectivity index (χ4v) is 3.82. The van der Waals surface area contributed by atoms with Crippen molar-refractivity contribution in [3.63, 3.8) is 0 Å². The predicted octanol–water partition coefficient (Wildman–Crippen LogP) is -1.39. The summed E-state index contributed by atoms with van der Waals surface area (Å²) >= 11 is 0. The number of hydrogen-bond acceptors (Lipinski definition) is 8. The van der Waals surface area contributed by atoms with E-state index in [1.165, 1.54) is 0 Å². The highest BCUT2D eigenvalue weighted by Gasteiger charge is 2.44. The molecule has 0 radical (unpaired) electrons. The van der Waals surface area contributed by atoms with E-state index in [1.54, 1.807) is 13.8 Å². The number of aliphatic hydroxyl groups excluding tert-OH is 3. The van der Waals surface area contributed by atoms with Crippen molar-refractivity contribution < 1.29 is 38.0 Å². The molecular formula is C14H25NO8S. The maximum Gasteiger partial charge on any atom is 0.237 e. The van der Waals surface area contributed by atoms with Crippen molar-refractivity contribution in [3.8, 4) is 0 Å².